The van der Waals surface area contributed by atoms with Crippen molar-refractivity contribution in [2.75, 3.05) is 0 Å². The molecule has 0 unspecified atom stereocenters. The summed E-state index contributed by atoms with van der Waals surface area (Å²) < 4.78 is 7.53. The first-order valence-corrected chi connectivity index (χ1v) is 7.13. The fourth-order valence-corrected chi connectivity index (χ4v) is 3.29. The Hall–Kier alpha value is -1.40. The third-order valence-electron chi connectivity index (χ3n) is 1.90. The molecule has 0 atom stereocenters. The summed E-state index contributed by atoms with van der Waals surface area (Å²) in [7, 11) is 0. The Bertz CT molecular complexity index is 550. The zero-order chi connectivity index (χ0) is 13.2. The van der Waals surface area contributed by atoms with E-state index in [0.717, 1.165) is 4.88 Å². The average molecular weight is 282 g/mol. The molecule has 0 saturated heterocycles. The van der Waals surface area contributed by atoms with Crippen molar-refractivity contribution in [3.05, 3.63) is 22.4 Å². The van der Waals surface area contributed by atoms with Crippen molar-refractivity contribution >= 4 is 44.4 Å². The van der Waals surface area contributed by atoms with Crippen molar-refractivity contribution in [1.29, 1.82) is 0 Å². The van der Waals surface area contributed by atoms with Crippen LogP contribution in [0.25, 0.3) is 9.40 Å². The summed E-state index contributed by atoms with van der Waals surface area (Å²) in [6.07, 6.45) is 1.08. The lowest BCUT2D eigenvalue weighted by Gasteiger charge is -2.18. The molecule has 0 aliphatic carbocycles. The van der Waals surface area contributed by atoms with Gasteiger partial charge >= 0.3 is 6.09 Å². The minimum Gasteiger partial charge on any atom is -0.443 e. The molecule has 2 aromatic rings. The van der Waals surface area contributed by atoms with Gasteiger partial charge in [0.2, 0.25) is 0 Å². The molecule has 0 aliphatic heterocycles. The van der Waals surface area contributed by atoms with E-state index in [1.165, 1.54) is 9.40 Å². The lowest BCUT2D eigenvalue weighted by molar-refractivity contribution is 0.0529. The van der Waals surface area contributed by atoms with E-state index in [2.05, 4.69) is 22.0 Å². The van der Waals surface area contributed by atoms with Crippen LogP contribution < -0.4 is 5.43 Å². The number of fused-ring (bicyclic) bond motifs is 1. The number of carbonyl (C=O) groups excluding carboxylic acids is 1. The van der Waals surface area contributed by atoms with E-state index in [4.69, 9.17) is 4.74 Å². The van der Waals surface area contributed by atoms with Gasteiger partial charge < -0.3 is 4.74 Å². The molecule has 0 fully saturated rings. The lowest BCUT2D eigenvalue weighted by atomic mass is 10.2. The van der Waals surface area contributed by atoms with E-state index in [0.29, 0.717) is 0 Å². The molecule has 6 heteroatoms. The smallest absolute Gasteiger partial charge is 0.428 e. The lowest BCUT2D eigenvalue weighted by Crippen LogP contribution is -2.29. The van der Waals surface area contributed by atoms with Crippen molar-refractivity contribution in [3.63, 3.8) is 0 Å². The first-order chi connectivity index (χ1) is 8.44. The van der Waals surface area contributed by atoms with Crippen LogP contribution in [0, 0.1) is 0 Å². The Morgan fingerprint density at radius 2 is 2.22 bits per heavy atom. The molecule has 2 rings (SSSR count). The Morgan fingerprint density at radius 3 is 2.89 bits per heavy atom. The molecule has 0 bridgehead atoms. The van der Waals surface area contributed by atoms with Crippen molar-refractivity contribution in [3.8, 4) is 0 Å². The van der Waals surface area contributed by atoms with Gasteiger partial charge in [-0.1, -0.05) is 0 Å². The van der Waals surface area contributed by atoms with Crippen LogP contribution in [-0.2, 0) is 4.74 Å². The molecule has 96 valence electrons. The highest BCUT2D eigenvalue weighted by Crippen LogP contribution is 2.28. The highest BCUT2D eigenvalue weighted by Gasteiger charge is 2.15. The van der Waals surface area contributed by atoms with Crippen LogP contribution in [-0.4, -0.2) is 17.9 Å². The van der Waals surface area contributed by atoms with Gasteiger partial charge in [0.1, 0.15) is 5.60 Å². The van der Waals surface area contributed by atoms with Gasteiger partial charge in [-0.05, 0) is 38.3 Å². The number of hydrogen-bond donors (Lipinski definition) is 1. The monoisotopic (exact) mass is 282 g/mol. The molecule has 18 heavy (non-hydrogen) atoms. The summed E-state index contributed by atoms with van der Waals surface area (Å²) in [5.74, 6) is 0. The second kappa shape index (κ2) is 5.07. The predicted octanol–water partition coefficient (Wildman–Crippen LogP) is 3.82. The second-order valence-electron chi connectivity index (χ2n) is 4.67. The number of amides is 1. The van der Waals surface area contributed by atoms with E-state index in [-0.39, 0.29) is 0 Å². The van der Waals surface area contributed by atoms with E-state index in [9.17, 15) is 4.79 Å². The fourth-order valence-electron chi connectivity index (χ4n) is 1.30. The van der Waals surface area contributed by atoms with E-state index in [1.807, 2.05) is 26.8 Å². The zero-order valence-corrected chi connectivity index (χ0v) is 12.0. The molecule has 0 spiro atoms. The Balaban J connectivity index is 1.92. The van der Waals surface area contributed by atoms with Crippen molar-refractivity contribution < 1.29 is 9.53 Å². The number of hydrazone groups is 1. The van der Waals surface area contributed by atoms with Crippen LogP contribution in [0.4, 0.5) is 4.79 Å². The minimum absolute atomic E-state index is 0.509. The second-order valence-corrected chi connectivity index (χ2v) is 6.73. The number of rotatable bonds is 2. The molecule has 0 saturated carbocycles. The van der Waals surface area contributed by atoms with Crippen LogP contribution in [0.5, 0.6) is 0 Å². The van der Waals surface area contributed by atoms with Crippen molar-refractivity contribution in [2.45, 2.75) is 26.4 Å². The molecular formula is C12H14N2O2S2. The maximum Gasteiger partial charge on any atom is 0.428 e. The van der Waals surface area contributed by atoms with Crippen LogP contribution >= 0.6 is 22.7 Å². The van der Waals surface area contributed by atoms with E-state index < -0.39 is 11.7 Å². The van der Waals surface area contributed by atoms with Gasteiger partial charge in [-0.2, -0.15) is 5.10 Å². The standard InChI is InChI=1S/C12H14N2O2S2/c1-12(2,3)16-11(15)14-13-7-8-6-10-9(18-8)4-5-17-10/h4-7H,1-3H3,(H,14,15)/b13-7+. The molecule has 0 aliphatic rings. The van der Waals surface area contributed by atoms with Crippen molar-refractivity contribution in [2.24, 2.45) is 5.10 Å². The van der Waals surface area contributed by atoms with Crippen molar-refractivity contribution in [1.82, 2.24) is 5.43 Å². The molecule has 2 heterocycles. The summed E-state index contributed by atoms with van der Waals surface area (Å²) in [5, 5.41) is 5.92. The summed E-state index contributed by atoms with van der Waals surface area (Å²) in [6, 6.07) is 4.12. The van der Waals surface area contributed by atoms with Gasteiger partial charge in [0, 0.05) is 14.3 Å². The molecule has 1 N–H and O–H groups in total. The Morgan fingerprint density at radius 1 is 1.44 bits per heavy atom. The number of carbonyl (C=O) groups is 1. The Kier molecular flexibility index (Phi) is 3.68. The van der Waals surface area contributed by atoms with Crippen LogP contribution in [0.15, 0.2) is 22.6 Å². The number of nitrogens with zero attached hydrogens (tertiary/aromatic N) is 1. The summed E-state index contributed by atoms with van der Waals surface area (Å²) in [4.78, 5) is 12.3. The molecule has 1 amide bonds. The highest BCUT2D eigenvalue weighted by molar-refractivity contribution is 7.27. The number of hydrogen-bond acceptors (Lipinski definition) is 5. The predicted molar refractivity (Wildman–Crippen MR) is 76.7 cm³/mol. The normalized spacial score (nSPS) is 12.2. The fraction of sp³-hybridized carbons (Fsp3) is 0.333. The number of ether oxygens (including phenoxy) is 1. The van der Waals surface area contributed by atoms with Crippen LogP contribution in [0.3, 0.4) is 0 Å². The number of thiophene rings is 2. The third kappa shape index (κ3) is 3.54. The molecule has 4 nitrogen and oxygen atoms in total. The SMILES string of the molecule is CC(C)(C)OC(=O)N/N=C/c1cc2sccc2s1. The first kappa shape index (κ1) is 13.0. The van der Waals surface area contributed by atoms with E-state index >= 15 is 0 Å². The maximum atomic E-state index is 11.3. The van der Waals surface area contributed by atoms with Gasteiger partial charge in [0.25, 0.3) is 0 Å². The summed E-state index contributed by atoms with van der Waals surface area (Å²) in [5.41, 5.74) is 1.83. The van der Waals surface area contributed by atoms with Gasteiger partial charge in [0.05, 0.1) is 6.21 Å². The highest BCUT2D eigenvalue weighted by atomic mass is 32.1. The minimum atomic E-state index is -0.544. The van der Waals surface area contributed by atoms with Gasteiger partial charge in [-0.25, -0.2) is 10.2 Å². The van der Waals surface area contributed by atoms with E-state index in [1.54, 1.807) is 28.9 Å². The largest absolute Gasteiger partial charge is 0.443 e. The summed E-state index contributed by atoms with van der Waals surface area (Å²) in [6.45, 7) is 5.43. The quantitative estimate of drug-likeness (QED) is 0.672. The van der Waals surface area contributed by atoms with Crippen LogP contribution in [0.1, 0.15) is 25.6 Å². The van der Waals surface area contributed by atoms with Crippen LogP contribution in [0.2, 0.25) is 0 Å². The number of nitrogens with one attached hydrogen (secondary N) is 1. The Labute approximate surface area is 113 Å². The molecule has 0 aromatic carbocycles. The van der Waals surface area contributed by atoms with Gasteiger partial charge in [-0.15, -0.1) is 22.7 Å². The summed E-state index contributed by atoms with van der Waals surface area (Å²) >= 11 is 3.33. The topological polar surface area (TPSA) is 50.7 Å². The first-order valence-electron chi connectivity index (χ1n) is 5.43. The molecular weight excluding hydrogens is 268 g/mol. The maximum absolute atomic E-state index is 11.3. The zero-order valence-electron chi connectivity index (χ0n) is 10.4. The third-order valence-corrected chi connectivity index (χ3v) is 3.93. The average Bonchev–Trinajstić information content (AvgIpc) is 2.74. The molecule has 0 radical (unpaired) electrons. The molecule has 2 aromatic heterocycles. The van der Waals surface area contributed by atoms with Gasteiger partial charge in [-0.3, -0.25) is 0 Å². The van der Waals surface area contributed by atoms with Gasteiger partial charge in [0.15, 0.2) is 0 Å².